The summed E-state index contributed by atoms with van der Waals surface area (Å²) in [6.07, 6.45) is 0. The Kier molecular flexibility index (Phi) is 4.46. The van der Waals surface area contributed by atoms with E-state index in [1.807, 2.05) is 13.0 Å². The largest absolute Gasteiger partial charge is 0.483 e. The van der Waals surface area contributed by atoms with Gasteiger partial charge >= 0.3 is 0 Å². The molecule has 0 saturated carbocycles. The number of nitrogens with one attached hydrogen (secondary N) is 2. The van der Waals surface area contributed by atoms with Gasteiger partial charge in [-0.2, -0.15) is 0 Å². The maximum absolute atomic E-state index is 11.2. The molecule has 0 aromatic heterocycles. The van der Waals surface area contributed by atoms with Gasteiger partial charge in [0.15, 0.2) is 18.1 Å². The lowest BCUT2D eigenvalue weighted by molar-refractivity contribution is -0.122. The van der Waals surface area contributed by atoms with E-state index in [1.54, 1.807) is 13.1 Å². The first-order chi connectivity index (χ1) is 9.24. The molecule has 1 aromatic rings. The van der Waals surface area contributed by atoms with Crippen LogP contribution in [0.3, 0.4) is 0 Å². The molecule has 1 aromatic carbocycles. The topological polar surface area (TPSA) is 68.8 Å². The summed E-state index contributed by atoms with van der Waals surface area (Å²) in [6, 6.07) is 3.64. The van der Waals surface area contributed by atoms with Crippen LogP contribution in [-0.2, 0) is 11.3 Å². The van der Waals surface area contributed by atoms with Crippen LogP contribution in [0.15, 0.2) is 12.1 Å². The van der Waals surface area contributed by atoms with E-state index in [2.05, 4.69) is 10.6 Å². The van der Waals surface area contributed by atoms with E-state index in [1.165, 1.54) is 0 Å². The Morgan fingerprint density at radius 1 is 1.37 bits per heavy atom. The summed E-state index contributed by atoms with van der Waals surface area (Å²) in [5.74, 6) is 1.81. The van der Waals surface area contributed by atoms with Gasteiger partial charge < -0.3 is 24.8 Å². The quantitative estimate of drug-likeness (QED) is 0.791. The first-order valence-corrected chi connectivity index (χ1v) is 6.21. The molecule has 1 aliphatic rings. The zero-order valence-corrected chi connectivity index (χ0v) is 11.1. The van der Waals surface area contributed by atoms with Crippen LogP contribution in [0.1, 0.15) is 12.5 Å². The van der Waals surface area contributed by atoms with E-state index >= 15 is 0 Å². The molecular weight excluding hydrogens is 248 g/mol. The third-order valence-corrected chi connectivity index (χ3v) is 2.76. The fourth-order valence-corrected chi connectivity index (χ4v) is 1.71. The molecule has 0 radical (unpaired) electrons. The number of hydrogen-bond donors (Lipinski definition) is 2. The van der Waals surface area contributed by atoms with Crippen molar-refractivity contribution in [3.63, 3.8) is 0 Å². The molecule has 0 saturated heterocycles. The Morgan fingerprint density at radius 2 is 2.11 bits per heavy atom. The van der Waals surface area contributed by atoms with Crippen LogP contribution in [0.5, 0.6) is 17.2 Å². The van der Waals surface area contributed by atoms with Crippen molar-refractivity contribution in [3.05, 3.63) is 17.7 Å². The lowest BCUT2D eigenvalue weighted by atomic mass is 10.1. The van der Waals surface area contributed by atoms with Gasteiger partial charge in [-0.25, -0.2) is 0 Å². The van der Waals surface area contributed by atoms with Crippen molar-refractivity contribution in [2.24, 2.45) is 0 Å². The molecule has 0 fully saturated rings. The predicted molar refractivity (Wildman–Crippen MR) is 69.5 cm³/mol. The summed E-state index contributed by atoms with van der Waals surface area (Å²) in [5, 5.41) is 5.74. The van der Waals surface area contributed by atoms with E-state index in [-0.39, 0.29) is 19.3 Å². The molecule has 2 N–H and O–H groups in total. The molecule has 1 amide bonds. The molecule has 6 nitrogen and oxygen atoms in total. The Morgan fingerprint density at radius 3 is 2.79 bits per heavy atom. The third kappa shape index (κ3) is 3.29. The molecule has 0 unspecified atom stereocenters. The smallest absolute Gasteiger partial charge is 0.257 e. The number of carbonyl (C=O) groups is 1. The van der Waals surface area contributed by atoms with E-state index in [4.69, 9.17) is 14.2 Å². The van der Waals surface area contributed by atoms with Gasteiger partial charge in [0.25, 0.3) is 5.91 Å². The van der Waals surface area contributed by atoms with Gasteiger partial charge in [0.2, 0.25) is 6.79 Å². The van der Waals surface area contributed by atoms with Crippen LogP contribution in [0.2, 0.25) is 0 Å². The highest BCUT2D eigenvalue weighted by Crippen LogP contribution is 2.38. The van der Waals surface area contributed by atoms with Crippen molar-refractivity contribution < 1.29 is 19.0 Å². The van der Waals surface area contributed by atoms with E-state index in [9.17, 15) is 4.79 Å². The monoisotopic (exact) mass is 266 g/mol. The molecule has 1 heterocycles. The van der Waals surface area contributed by atoms with Crippen LogP contribution in [0, 0.1) is 0 Å². The van der Waals surface area contributed by atoms with Crippen molar-refractivity contribution >= 4 is 5.91 Å². The summed E-state index contributed by atoms with van der Waals surface area (Å²) >= 11 is 0. The highest BCUT2D eigenvalue weighted by molar-refractivity contribution is 5.77. The van der Waals surface area contributed by atoms with Gasteiger partial charge in [-0.3, -0.25) is 4.79 Å². The van der Waals surface area contributed by atoms with E-state index in [0.29, 0.717) is 23.8 Å². The SMILES string of the molecule is CCNCc1cc2c(cc1OCC(=O)NC)OCO2. The second-order valence-corrected chi connectivity index (χ2v) is 4.06. The maximum Gasteiger partial charge on any atom is 0.257 e. The minimum atomic E-state index is -0.174. The fourth-order valence-electron chi connectivity index (χ4n) is 1.71. The Bertz CT molecular complexity index is 462. The number of amides is 1. The van der Waals surface area contributed by atoms with Crippen LogP contribution in [-0.4, -0.2) is 32.9 Å². The number of carbonyl (C=O) groups excluding carboxylic acids is 1. The minimum absolute atomic E-state index is 0.0186. The summed E-state index contributed by atoms with van der Waals surface area (Å²) in [6.45, 7) is 3.72. The van der Waals surface area contributed by atoms with Crippen LogP contribution < -0.4 is 24.8 Å². The maximum atomic E-state index is 11.2. The number of hydrogen-bond acceptors (Lipinski definition) is 5. The summed E-state index contributed by atoms with van der Waals surface area (Å²) in [7, 11) is 1.57. The molecular formula is C13H18N2O4. The first-order valence-electron chi connectivity index (χ1n) is 6.21. The molecule has 6 heteroatoms. The van der Waals surface area contributed by atoms with Crippen molar-refractivity contribution in [3.8, 4) is 17.2 Å². The van der Waals surface area contributed by atoms with Crippen LogP contribution in [0.4, 0.5) is 0 Å². The Labute approximate surface area is 112 Å². The lowest BCUT2D eigenvalue weighted by Crippen LogP contribution is -2.25. The molecule has 1 aliphatic heterocycles. The number of ether oxygens (including phenoxy) is 3. The van der Waals surface area contributed by atoms with E-state index < -0.39 is 0 Å². The number of fused-ring (bicyclic) bond motifs is 1. The van der Waals surface area contributed by atoms with Crippen molar-refractivity contribution in [2.75, 3.05) is 27.0 Å². The standard InChI is InChI=1S/C13H18N2O4/c1-3-15-6-9-4-11-12(19-8-18-11)5-10(9)17-7-13(16)14-2/h4-5,15H,3,6-8H2,1-2H3,(H,14,16). The van der Waals surface area contributed by atoms with Crippen LogP contribution >= 0.6 is 0 Å². The zero-order chi connectivity index (χ0) is 13.7. The Hall–Kier alpha value is -1.95. The fraction of sp³-hybridized carbons (Fsp3) is 0.462. The van der Waals surface area contributed by atoms with Crippen molar-refractivity contribution in [1.82, 2.24) is 10.6 Å². The molecule has 0 aliphatic carbocycles. The average molecular weight is 266 g/mol. The van der Waals surface area contributed by atoms with Gasteiger partial charge in [-0.15, -0.1) is 0 Å². The second-order valence-electron chi connectivity index (χ2n) is 4.06. The molecule has 2 rings (SSSR count). The van der Waals surface area contributed by atoms with Gasteiger partial charge in [0, 0.05) is 25.2 Å². The predicted octanol–water partition coefficient (Wildman–Crippen LogP) is 0.650. The van der Waals surface area contributed by atoms with Gasteiger partial charge in [-0.05, 0) is 12.6 Å². The number of likely N-dealkylation sites (N-methyl/N-ethyl adjacent to an activating group) is 1. The lowest BCUT2D eigenvalue weighted by Gasteiger charge is -2.12. The van der Waals surface area contributed by atoms with Gasteiger partial charge in [0.1, 0.15) is 5.75 Å². The van der Waals surface area contributed by atoms with Gasteiger partial charge in [0.05, 0.1) is 0 Å². The zero-order valence-electron chi connectivity index (χ0n) is 11.1. The second kappa shape index (κ2) is 6.29. The third-order valence-electron chi connectivity index (χ3n) is 2.76. The molecule has 104 valence electrons. The Balaban J connectivity index is 2.15. The summed E-state index contributed by atoms with van der Waals surface area (Å²) in [4.78, 5) is 11.2. The van der Waals surface area contributed by atoms with Gasteiger partial charge in [-0.1, -0.05) is 6.92 Å². The summed E-state index contributed by atoms with van der Waals surface area (Å²) < 4.78 is 16.2. The van der Waals surface area contributed by atoms with E-state index in [0.717, 1.165) is 12.1 Å². The minimum Gasteiger partial charge on any atom is -0.483 e. The highest BCUT2D eigenvalue weighted by Gasteiger charge is 2.18. The van der Waals surface area contributed by atoms with Crippen molar-refractivity contribution in [2.45, 2.75) is 13.5 Å². The first kappa shape index (κ1) is 13.5. The molecule has 19 heavy (non-hydrogen) atoms. The summed E-state index contributed by atoms with van der Waals surface area (Å²) in [5.41, 5.74) is 0.940. The number of rotatable bonds is 6. The highest BCUT2D eigenvalue weighted by atomic mass is 16.7. The molecule has 0 spiro atoms. The number of benzene rings is 1. The molecule has 0 atom stereocenters. The normalized spacial score (nSPS) is 12.3. The van der Waals surface area contributed by atoms with Crippen LogP contribution in [0.25, 0.3) is 0 Å². The average Bonchev–Trinajstić information content (AvgIpc) is 2.88. The molecule has 0 bridgehead atoms. The van der Waals surface area contributed by atoms with Crippen molar-refractivity contribution in [1.29, 1.82) is 0 Å².